The fraction of sp³-hybridized carbons (Fsp3) is 0.238. The van der Waals surface area contributed by atoms with Crippen LogP contribution in [0.15, 0.2) is 54.7 Å². The van der Waals surface area contributed by atoms with Crippen molar-refractivity contribution in [3.05, 3.63) is 65.3 Å². The molecule has 0 saturated carbocycles. The number of halogens is 1. The van der Waals surface area contributed by atoms with Crippen LogP contribution in [0, 0.1) is 0 Å². The van der Waals surface area contributed by atoms with Gasteiger partial charge in [-0.05, 0) is 37.3 Å². The quantitative estimate of drug-likeness (QED) is 0.601. The summed E-state index contributed by atoms with van der Waals surface area (Å²) in [6, 6.07) is 14.2. The third-order valence-electron chi connectivity index (χ3n) is 4.27. The molecule has 0 saturated heterocycles. The second-order valence-corrected chi connectivity index (χ2v) is 6.67. The zero-order chi connectivity index (χ0) is 20.8. The highest BCUT2D eigenvalue weighted by Crippen LogP contribution is 2.31. The summed E-state index contributed by atoms with van der Waals surface area (Å²) in [6.45, 7) is 2.07. The second kappa shape index (κ2) is 9.34. The van der Waals surface area contributed by atoms with Crippen molar-refractivity contribution in [2.45, 2.75) is 19.6 Å². The molecule has 1 amide bonds. The number of methoxy groups -OCH3 is 2. The molecule has 0 aliphatic heterocycles. The van der Waals surface area contributed by atoms with Crippen molar-refractivity contribution in [1.29, 1.82) is 0 Å². The number of hydrogen-bond acceptors (Lipinski definition) is 5. The number of hydrogen-bond donors (Lipinski definition) is 1. The van der Waals surface area contributed by atoms with E-state index in [0.717, 1.165) is 5.56 Å². The Kier molecular flexibility index (Phi) is 6.61. The average molecular weight is 416 g/mol. The highest BCUT2D eigenvalue weighted by Gasteiger charge is 2.18. The molecular weight excluding hydrogens is 394 g/mol. The van der Waals surface area contributed by atoms with E-state index in [-0.39, 0.29) is 5.91 Å². The van der Waals surface area contributed by atoms with Crippen LogP contribution in [0.5, 0.6) is 17.2 Å². The van der Waals surface area contributed by atoms with Crippen LogP contribution in [-0.2, 0) is 11.3 Å². The van der Waals surface area contributed by atoms with Crippen molar-refractivity contribution in [2.75, 3.05) is 19.5 Å². The first kappa shape index (κ1) is 20.5. The summed E-state index contributed by atoms with van der Waals surface area (Å²) in [7, 11) is 3.17. The van der Waals surface area contributed by atoms with Crippen molar-refractivity contribution in [1.82, 2.24) is 9.78 Å². The van der Waals surface area contributed by atoms with Gasteiger partial charge in [-0.3, -0.25) is 4.79 Å². The van der Waals surface area contributed by atoms with E-state index in [9.17, 15) is 4.79 Å². The van der Waals surface area contributed by atoms with Gasteiger partial charge in [0.15, 0.2) is 17.6 Å². The van der Waals surface area contributed by atoms with Crippen LogP contribution in [-0.4, -0.2) is 36.0 Å². The topological polar surface area (TPSA) is 74.6 Å². The van der Waals surface area contributed by atoms with Crippen LogP contribution in [0.2, 0.25) is 5.02 Å². The summed E-state index contributed by atoms with van der Waals surface area (Å²) in [4.78, 5) is 12.6. The van der Waals surface area contributed by atoms with Gasteiger partial charge in [-0.1, -0.05) is 23.7 Å². The van der Waals surface area contributed by atoms with Gasteiger partial charge in [-0.15, -0.1) is 0 Å². The smallest absolute Gasteiger partial charge is 0.266 e. The number of nitrogens with one attached hydrogen (secondary N) is 1. The number of para-hydroxylation sites is 1. The molecule has 0 aliphatic rings. The van der Waals surface area contributed by atoms with Crippen molar-refractivity contribution in [3.8, 4) is 17.2 Å². The van der Waals surface area contributed by atoms with Gasteiger partial charge in [-0.2, -0.15) is 5.10 Å². The van der Waals surface area contributed by atoms with Crippen molar-refractivity contribution in [2.24, 2.45) is 0 Å². The molecular formula is C21H22ClN3O4. The standard InChI is InChI=1S/C21H22ClN3O4/c1-14(29-17-9-7-16(22)8-10-17)21(26)24-19-11-12-23-25(19)13-15-5-4-6-18(27-2)20(15)28-3/h4-12,14H,13H2,1-3H3,(H,24,26). The number of ether oxygens (including phenoxy) is 3. The summed E-state index contributed by atoms with van der Waals surface area (Å²) >= 11 is 5.87. The predicted molar refractivity (Wildman–Crippen MR) is 111 cm³/mol. The molecule has 0 aliphatic carbocycles. The molecule has 0 radical (unpaired) electrons. The maximum atomic E-state index is 12.6. The van der Waals surface area contributed by atoms with Crippen LogP contribution < -0.4 is 19.5 Å². The maximum absolute atomic E-state index is 12.6. The molecule has 29 heavy (non-hydrogen) atoms. The summed E-state index contributed by atoms with van der Waals surface area (Å²) in [6.07, 6.45) is 0.915. The fourth-order valence-electron chi connectivity index (χ4n) is 2.80. The molecule has 1 unspecified atom stereocenters. The lowest BCUT2D eigenvalue weighted by molar-refractivity contribution is -0.122. The minimum absolute atomic E-state index is 0.292. The number of carbonyl (C=O) groups excluding carboxylic acids is 1. The van der Waals surface area contributed by atoms with Gasteiger partial charge in [-0.25, -0.2) is 4.68 Å². The molecule has 1 N–H and O–H groups in total. The molecule has 0 bridgehead atoms. The highest BCUT2D eigenvalue weighted by molar-refractivity contribution is 6.30. The zero-order valence-corrected chi connectivity index (χ0v) is 17.1. The van der Waals surface area contributed by atoms with E-state index in [1.807, 2.05) is 18.2 Å². The number of amides is 1. The Hall–Kier alpha value is -3.19. The zero-order valence-electron chi connectivity index (χ0n) is 16.4. The van der Waals surface area contributed by atoms with E-state index in [4.69, 9.17) is 25.8 Å². The van der Waals surface area contributed by atoms with E-state index < -0.39 is 6.10 Å². The molecule has 7 nitrogen and oxygen atoms in total. The molecule has 3 aromatic rings. The second-order valence-electron chi connectivity index (χ2n) is 6.23. The summed E-state index contributed by atoms with van der Waals surface area (Å²) in [5.41, 5.74) is 0.872. The normalized spacial score (nSPS) is 11.6. The SMILES string of the molecule is COc1cccc(Cn2nccc2NC(=O)C(C)Oc2ccc(Cl)cc2)c1OC. The first-order valence-corrected chi connectivity index (χ1v) is 9.34. The number of nitrogens with zero attached hydrogens (tertiary/aromatic N) is 2. The van der Waals surface area contributed by atoms with Gasteiger partial charge in [0.05, 0.1) is 27.0 Å². The molecule has 1 aromatic heterocycles. The number of carbonyl (C=O) groups is 1. The molecule has 3 rings (SSSR count). The van der Waals surface area contributed by atoms with E-state index >= 15 is 0 Å². The fourth-order valence-corrected chi connectivity index (χ4v) is 2.93. The van der Waals surface area contributed by atoms with Crippen LogP contribution in [0.3, 0.4) is 0 Å². The largest absolute Gasteiger partial charge is 0.493 e. The molecule has 1 atom stereocenters. The van der Waals surface area contributed by atoms with E-state index in [0.29, 0.717) is 34.6 Å². The Morgan fingerprint density at radius 3 is 2.59 bits per heavy atom. The third-order valence-corrected chi connectivity index (χ3v) is 4.52. The average Bonchev–Trinajstić information content (AvgIpc) is 3.15. The van der Waals surface area contributed by atoms with Gasteiger partial charge in [0, 0.05) is 16.7 Å². The molecule has 8 heteroatoms. The lowest BCUT2D eigenvalue weighted by Crippen LogP contribution is -2.31. The maximum Gasteiger partial charge on any atom is 0.266 e. The van der Waals surface area contributed by atoms with Crippen LogP contribution >= 0.6 is 11.6 Å². The van der Waals surface area contributed by atoms with E-state index in [1.54, 1.807) is 62.4 Å². The van der Waals surface area contributed by atoms with Crippen LogP contribution in [0.1, 0.15) is 12.5 Å². The number of benzene rings is 2. The van der Waals surface area contributed by atoms with Crippen molar-refractivity contribution in [3.63, 3.8) is 0 Å². The third kappa shape index (κ3) is 5.00. The van der Waals surface area contributed by atoms with Gasteiger partial charge < -0.3 is 19.5 Å². The van der Waals surface area contributed by atoms with Gasteiger partial charge in [0.1, 0.15) is 11.6 Å². The van der Waals surface area contributed by atoms with Crippen LogP contribution in [0.25, 0.3) is 0 Å². The molecule has 2 aromatic carbocycles. The van der Waals surface area contributed by atoms with Crippen LogP contribution in [0.4, 0.5) is 5.82 Å². The summed E-state index contributed by atoms with van der Waals surface area (Å²) < 4.78 is 18.1. The summed E-state index contributed by atoms with van der Waals surface area (Å²) in [5.74, 6) is 2.08. The summed E-state index contributed by atoms with van der Waals surface area (Å²) in [5, 5.41) is 7.75. The minimum Gasteiger partial charge on any atom is -0.493 e. The molecule has 0 spiro atoms. The van der Waals surface area contributed by atoms with E-state index in [1.165, 1.54) is 0 Å². The number of aromatic nitrogens is 2. The first-order chi connectivity index (χ1) is 14.0. The van der Waals surface area contributed by atoms with Gasteiger partial charge >= 0.3 is 0 Å². The Morgan fingerprint density at radius 1 is 1.14 bits per heavy atom. The number of rotatable bonds is 8. The molecule has 152 valence electrons. The van der Waals surface area contributed by atoms with E-state index in [2.05, 4.69) is 10.4 Å². The highest BCUT2D eigenvalue weighted by atomic mass is 35.5. The Bertz CT molecular complexity index is 972. The van der Waals surface area contributed by atoms with Gasteiger partial charge in [0.25, 0.3) is 5.91 Å². The Morgan fingerprint density at radius 2 is 1.90 bits per heavy atom. The van der Waals surface area contributed by atoms with Crippen molar-refractivity contribution >= 4 is 23.3 Å². The Labute approximate surface area is 174 Å². The molecule has 0 fully saturated rings. The minimum atomic E-state index is -0.703. The lowest BCUT2D eigenvalue weighted by atomic mass is 10.2. The van der Waals surface area contributed by atoms with Gasteiger partial charge in [0.2, 0.25) is 0 Å². The molecule has 1 heterocycles. The lowest BCUT2D eigenvalue weighted by Gasteiger charge is -2.16. The predicted octanol–water partition coefficient (Wildman–Crippen LogP) is 4.01. The van der Waals surface area contributed by atoms with Crippen molar-refractivity contribution < 1.29 is 19.0 Å². The number of anilines is 1. The first-order valence-electron chi connectivity index (χ1n) is 8.96. The Balaban J connectivity index is 1.70. The monoisotopic (exact) mass is 415 g/mol.